The molecule has 1 aliphatic carbocycles. The first kappa shape index (κ1) is 16.2. The summed E-state index contributed by atoms with van der Waals surface area (Å²) in [4.78, 5) is 14.0. The van der Waals surface area contributed by atoms with E-state index in [1.54, 1.807) is 4.90 Å². The number of carbonyl (C=O) groups excluding carboxylic acids is 1. The zero-order valence-electron chi connectivity index (χ0n) is 13.4. The molecule has 5 nitrogen and oxygen atoms in total. The molecule has 1 amide bonds. The molecule has 7 heteroatoms. The van der Waals surface area contributed by atoms with Crippen LogP contribution in [0.5, 0.6) is 0 Å². The van der Waals surface area contributed by atoms with Crippen LogP contribution in [0.3, 0.4) is 0 Å². The summed E-state index contributed by atoms with van der Waals surface area (Å²) in [5.74, 6) is -1.18. The maximum absolute atomic E-state index is 14.1. The van der Waals surface area contributed by atoms with Gasteiger partial charge in [0.25, 0.3) is 5.91 Å². The number of carbonyl (C=O) groups is 1. The molecule has 0 radical (unpaired) electrons. The Morgan fingerprint density at radius 3 is 2.68 bits per heavy atom. The molecule has 1 N–H and O–H groups in total. The normalized spacial score (nSPS) is 16.8. The molecule has 130 valence electrons. The largest absolute Gasteiger partial charge is 0.308 e. The Balaban J connectivity index is 1.67. The third-order valence-corrected chi connectivity index (χ3v) is 6.03. The van der Waals surface area contributed by atoms with E-state index < -0.39 is 20.7 Å². The molecule has 2 aliphatic rings. The Kier molecular flexibility index (Phi) is 3.85. The summed E-state index contributed by atoms with van der Waals surface area (Å²) in [6.45, 7) is 0.526. The maximum Gasteiger partial charge on any atom is 0.258 e. The van der Waals surface area contributed by atoms with Crippen molar-refractivity contribution in [1.29, 1.82) is 0 Å². The van der Waals surface area contributed by atoms with Gasteiger partial charge in [0.1, 0.15) is 10.7 Å². The van der Waals surface area contributed by atoms with Crippen molar-refractivity contribution in [3.05, 3.63) is 59.4 Å². The van der Waals surface area contributed by atoms with E-state index in [1.165, 1.54) is 6.07 Å². The fourth-order valence-electron chi connectivity index (χ4n) is 3.03. The number of nitrogens with zero attached hydrogens (tertiary/aromatic N) is 1. The number of halogens is 1. The van der Waals surface area contributed by atoms with Crippen LogP contribution in [-0.4, -0.2) is 26.9 Å². The molecule has 0 atom stereocenters. The van der Waals surface area contributed by atoms with E-state index >= 15 is 0 Å². The summed E-state index contributed by atoms with van der Waals surface area (Å²) in [6.07, 6.45) is 2.26. The molecular formula is C18H17FN2O3S. The summed E-state index contributed by atoms with van der Waals surface area (Å²) in [5, 5.41) is 0. The van der Waals surface area contributed by atoms with Crippen LogP contribution < -0.4 is 9.62 Å². The van der Waals surface area contributed by atoms with E-state index in [-0.39, 0.29) is 17.5 Å². The molecule has 0 saturated heterocycles. The van der Waals surface area contributed by atoms with Gasteiger partial charge in [-0.15, -0.1) is 0 Å². The smallest absolute Gasteiger partial charge is 0.258 e. The first-order valence-corrected chi connectivity index (χ1v) is 9.66. The van der Waals surface area contributed by atoms with Gasteiger partial charge in [0, 0.05) is 23.8 Å². The molecule has 1 heterocycles. The number of sulfonamides is 1. The lowest BCUT2D eigenvalue weighted by atomic mass is 10.1. The number of anilines is 1. The third kappa shape index (κ3) is 3.05. The predicted molar refractivity (Wildman–Crippen MR) is 91.6 cm³/mol. The second-order valence-corrected chi connectivity index (χ2v) is 8.06. The van der Waals surface area contributed by atoms with E-state index in [2.05, 4.69) is 4.72 Å². The highest BCUT2D eigenvalue weighted by Crippen LogP contribution is 2.30. The molecule has 0 bridgehead atoms. The van der Waals surface area contributed by atoms with Crippen LogP contribution in [0.15, 0.2) is 47.4 Å². The molecule has 1 aliphatic heterocycles. The number of para-hydroxylation sites is 1. The molecule has 2 aromatic rings. The molecule has 25 heavy (non-hydrogen) atoms. The van der Waals surface area contributed by atoms with E-state index in [0.717, 1.165) is 42.6 Å². The van der Waals surface area contributed by atoms with Crippen LogP contribution in [0.25, 0.3) is 0 Å². The molecular weight excluding hydrogens is 343 g/mol. The highest BCUT2D eigenvalue weighted by Gasteiger charge is 2.31. The summed E-state index contributed by atoms with van der Waals surface area (Å²) < 4.78 is 41.2. The van der Waals surface area contributed by atoms with Crippen molar-refractivity contribution in [2.75, 3.05) is 11.4 Å². The van der Waals surface area contributed by atoms with Crippen molar-refractivity contribution in [3.8, 4) is 0 Å². The lowest BCUT2D eigenvalue weighted by molar-refractivity contribution is 0.0989. The Morgan fingerprint density at radius 2 is 1.92 bits per heavy atom. The van der Waals surface area contributed by atoms with Gasteiger partial charge in [-0.05, 0) is 49.1 Å². The summed E-state index contributed by atoms with van der Waals surface area (Å²) in [5.41, 5.74) is 2.05. The van der Waals surface area contributed by atoms with Crippen LogP contribution in [0, 0.1) is 5.82 Å². The van der Waals surface area contributed by atoms with Gasteiger partial charge in [-0.3, -0.25) is 4.79 Å². The van der Waals surface area contributed by atoms with Crippen molar-refractivity contribution < 1.29 is 17.6 Å². The van der Waals surface area contributed by atoms with Gasteiger partial charge < -0.3 is 4.90 Å². The molecule has 1 saturated carbocycles. The molecule has 0 unspecified atom stereocenters. The minimum Gasteiger partial charge on any atom is -0.308 e. The highest BCUT2D eigenvalue weighted by molar-refractivity contribution is 7.89. The Morgan fingerprint density at radius 1 is 1.16 bits per heavy atom. The van der Waals surface area contributed by atoms with Gasteiger partial charge in [0.15, 0.2) is 0 Å². The summed E-state index contributed by atoms with van der Waals surface area (Å²) >= 11 is 0. The number of nitrogens with one attached hydrogen (secondary N) is 1. The second kappa shape index (κ2) is 5.93. The standard InChI is InChI=1S/C18H17FN2O3S/c19-15-8-5-13(11-17(15)25(23,24)20-14-6-7-14)18(22)21-10-9-12-3-1-2-4-16(12)21/h1-5,8,11,14,20H,6-7,9-10H2. The quantitative estimate of drug-likeness (QED) is 0.911. The van der Waals surface area contributed by atoms with Crippen LogP contribution in [-0.2, 0) is 16.4 Å². The monoisotopic (exact) mass is 360 g/mol. The van der Waals surface area contributed by atoms with Crippen LogP contribution in [0.4, 0.5) is 10.1 Å². The molecule has 4 rings (SSSR count). The average Bonchev–Trinajstić information content (AvgIpc) is 3.29. The first-order chi connectivity index (χ1) is 12.0. The number of hydrogen-bond donors (Lipinski definition) is 1. The van der Waals surface area contributed by atoms with Crippen LogP contribution in [0.2, 0.25) is 0 Å². The number of fused-ring (bicyclic) bond motifs is 1. The number of amides is 1. The van der Waals surface area contributed by atoms with Crippen molar-refractivity contribution in [3.63, 3.8) is 0 Å². The average molecular weight is 360 g/mol. The number of hydrogen-bond acceptors (Lipinski definition) is 3. The van der Waals surface area contributed by atoms with Crippen LogP contribution in [0.1, 0.15) is 28.8 Å². The number of benzene rings is 2. The van der Waals surface area contributed by atoms with Gasteiger partial charge in [-0.1, -0.05) is 18.2 Å². The molecule has 2 aromatic carbocycles. The van der Waals surface area contributed by atoms with Crippen molar-refractivity contribution in [1.82, 2.24) is 4.72 Å². The second-order valence-electron chi connectivity index (χ2n) is 6.38. The van der Waals surface area contributed by atoms with Gasteiger partial charge in [0.2, 0.25) is 10.0 Å². The summed E-state index contributed by atoms with van der Waals surface area (Å²) in [6, 6.07) is 10.9. The number of rotatable bonds is 4. The lowest BCUT2D eigenvalue weighted by Gasteiger charge is -2.18. The van der Waals surface area contributed by atoms with E-state index in [9.17, 15) is 17.6 Å². The first-order valence-electron chi connectivity index (χ1n) is 8.17. The maximum atomic E-state index is 14.1. The fourth-order valence-corrected chi connectivity index (χ4v) is 4.44. The Bertz CT molecular complexity index is 955. The van der Waals surface area contributed by atoms with Crippen molar-refractivity contribution in [2.45, 2.75) is 30.2 Å². The van der Waals surface area contributed by atoms with E-state index in [1.807, 2.05) is 24.3 Å². The molecule has 1 fully saturated rings. The van der Waals surface area contributed by atoms with Gasteiger partial charge in [-0.2, -0.15) is 0 Å². The molecule has 0 spiro atoms. The van der Waals surface area contributed by atoms with Gasteiger partial charge >= 0.3 is 0 Å². The zero-order valence-corrected chi connectivity index (χ0v) is 14.2. The van der Waals surface area contributed by atoms with Crippen molar-refractivity contribution in [2.24, 2.45) is 0 Å². The van der Waals surface area contributed by atoms with Crippen LogP contribution >= 0.6 is 0 Å². The Hall–Kier alpha value is -2.25. The third-order valence-electron chi connectivity index (χ3n) is 4.50. The lowest BCUT2D eigenvalue weighted by Crippen LogP contribution is -2.30. The predicted octanol–water partition coefficient (Wildman–Crippen LogP) is 2.47. The van der Waals surface area contributed by atoms with Gasteiger partial charge in [-0.25, -0.2) is 17.5 Å². The van der Waals surface area contributed by atoms with Gasteiger partial charge in [0.05, 0.1) is 0 Å². The van der Waals surface area contributed by atoms with Crippen molar-refractivity contribution >= 4 is 21.6 Å². The Labute approximate surface area is 145 Å². The summed E-state index contributed by atoms with van der Waals surface area (Å²) in [7, 11) is -3.96. The fraction of sp³-hybridized carbons (Fsp3) is 0.278. The van der Waals surface area contributed by atoms with E-state index in [0.29, 0.717) is 6.54 Å². The van der Waals surface area contributed by atoms with E-state index in [4.69, 9.17) is 0 Å². The molecule has 0 aromatic heterocycles. The topological polar surface area (TPSA) is 66.5 Å². The zero-order chi connectivity index (χ0) is 17.6. The minimum absolute atomic E-state index is 0.130. The highest BCUT2D eigenvalue weighted by atomic mass is 32.2. The minimum atomic E-state index is -3.96. The SMILES string of the molecule is O=C(c1ccc(F)c(S(=O)(=O)NC2CC2)c1)N1CCc2ccccc21.